The van der Waals surface area contributed by atoms with Gasteiger partial charge in [0, 0.05) is 88.8 Å². The lowest BCUT2D eigenvalue weighted by Crippen LogP contribution is -2.06. The fraction of sp³-hybridized carbons (Fsp3) is 0.0755. The first-order chi connectivity index (χ1) is 66.3. The highest BCUT2D eigenvalue weighted by atomic mass is 127. The van der Waals surface area contributed by atoms with Gasteiger partial charge >= 0.3 is 0 Å². The molecule has 0 unspecified atom stereocenters. The zero-order valence-electron chi connectivity index (χ0n) is 73.5. The Morgan fingerprint density at radius 1 is 0.301 bits per heavy atom. The van der Waals surface area contributed by atoms with E-state index in [9.17, 15) is 19.7 Å². The first kappa shape index (κ1) is 86.4. The second kappa shape index (κ2) is 36.9. The summed E-state index contributed by atoms with van der Waals surface area (Å²) in [7, 11) is 1.65. The molecule has 0 saturated carbocycles. The van der Waals surface area contributed by atoms with E-state index >= 15 is 0 Å². The SMILES string of the molecule is COc1ccccc1-c1nc2ccccc2cc1Cn1nc(-c2cccc(O)c2)c2c(N)ncnc21.Cc1ccccc1-c1nc2ccccc2cc1Cn1nc(-c2cc(O)cc(F)c2)c2c(N)ncnc21.Cc1ccccc1-c1nc2ccccc2cc1Cn1nc(-c2cccc(O)c2)c2c(N)ncnc21.Cc1ccccc1-c1nc2ccccc2cc1Cn1nc(I)c2c(N)ncnc21. The number of nitrogens with zero attached hydrogens (tertiary/aromatic N) is 20. The maximum absolute atomic E-state index is 14.1. The summed E-state index contributed by atoms with van der Waals surface area (Å²) in [4.78, 5) is 54.6. The van der Waals surface area contributed by atoms with E-state index in [1.54, 1.807) is 52.9 Å². The molecule has 11 N–H and O–H groups in total. The van der Waals surface area contributed by atoms with Gasteiger partial charge in [0.1, 0.15) is 98.2 Å². The first-order valence-corrected chi connectivity index (χ1v) is 44.4. The molecule has 23 aromatic rings. The third-order valence-electron chi connectivity index (χ3n) is 23.6. The summed E-state index contributed by atoms with van der Waals surface area (Å²) in [5.74, 6) is 1.58. The number of nitrogen functional groups attached to an aromatic ring is 4. The number of aryl methyl sites for hydroxylation is 3. The Balaban J connectivity index is 0.000000113. The number of hydrogen-bond donors (Lipinski definition) is 7. The van der Waals surface area contributed by atoms with E-state index in [1.165, 1.54) is 43.0 Å². The number of pyridine rings is 4. The van der Waals surface area contributed by atoms with Crippen LogP contribution in [0.1, 0.15) is 38.9 Å². The van der Waals surface area contributed by atoms with Crippen LogP contribution in [0.25, 0.3) is 167 Å². The molecular weight excluding hydrogens is 1820 g/mol. The van der Waals surface area contributed by atoms with Crippen LogP contribution in [0, 0.1) is 30.3 Å². The van der Waals surface area contributed by atoms with Crippen molar-refractivity contribution < 1.29 is 24.4 Å². The maximum atomic E-state index is 14.1. The number of phenolic OH excluding ortho intramolecular Hbond substituents is 3. The number of benzene rings is 11. The van der Waals surface area contributed by atoms with Crippen molar-refractivity contribution in [2.45, 2.75) is 47.0 Å². The number of methoxy groups -OCH3 is 1. The third-order valence-corrected chi connectivity index (χ3v) is 24.4. The van der Waals surface area contributed by atoms with Crippen LogP contribution in [0.5, 0.6) is 23.0 Å². The van der Waals surface area contributed by atoms with E-state index in [2.05, 4.69) is 161 Å². The van der Waals surface area contributed by atoms with Crippen molar-refractivity contribution in [2.24, 2.45) is 0 Å². The van der Waals surface area contributed by atoms with Crippen molar-refractivity contribution in [2.75, 3.05) is 30.0 Å². The van der Waals surface area contributed by atoms with Gasteiger partial charge in [-0.25, -0.2) is 82.9 Å². The molecule has 0 aliphatic carbocycles. The lowest BCUT2D eigenvalue weighted by molar-refractivity contribution is 0.416. The van der Waals surface area contributed by atoms with E-state index in [0.717, 1.165) is 160 Å². The Hall–Kier alpha value is -17.7. The van der Waals surface area contributed by atoms with Gasteiger partial charge in [-0.3, -0.25) is 0 Å². The zero-order valence-corrected chi connectivity index (χ0v) is 75.7. The second-order valence-corrected chi connectivity index (χ2v) is 33.5. The van der Waals surface area contributed by atoms with Gasteiger partial charge in [0.05, 0.1) is 99.7 Å². The van der Waals surface area contributed by atoms with Gasteiger partial charge in [-0.2, -0.15) is 20.4 Å². The molecule has 0 aliphatic rings. The minimum absolute atomic E-state index is 0.141. The van der Waals surface area contributed by atoms with Crippen LogP contribution in [0.4, 0.5) is 27.7 Å². The smallest absolute Gasteiger partial charge is 0.164 e. The maximum Gasteiger partial charge on any atom is 0.164 e. The fourth-order valence-corrected chi connectivity index (χ4v) is 18.0. The Bertz CT molecular complexity index is 8580. The number of nitrogens with two attached hydrogens (primary N) is 4. The van der Waals surface area contributed by atoms with Gasteiger partial charge in [0.25, 0.3) is 0 Å². The minimum atomic E-state index is -0.580. The minimum Gasteiger partial charge on any atom is -0.508 e. The van der Waals surface area contributed by atoms with Crippen LogP contribution >= 0.6 is 22.6 Å². The highest BCUT2D eigenvalue weighted by Crippen LogP contribution is 2.42. The molecule has 0 aliphatic heterocycles. The number of ether oxygens (including phenoxy) is 1. The molecule has 12 aromatic heterocycles. The summed E-state index contributed by atoms with van der Waals surface area (Å²) in [6.45, 7) is 7.96. The predicted octanol–water partition coefficient (Wildman–Crippen LogP) is 20.5. The molecule has 28 nitrogen and oxygen atoms in total. The number of rotatable bonds is 16. The molecule has 0 bridgehead atoms. The van der Waals surface area contributed by atoms with Crippen molar-refractivity contribution in [3.05, 3.63) is 359 Å². The van der Waals surface area contributed by atoms with Crippen molar-refractivity contribution in [3.63, 3.8) is 0 Å². The number of anilines is 4. The molecule has 0 amide bonds. The first-order valence-electron chi connectivity index (χ1n) is 43.3. The van der Waals surface area contributed by atoms with Gasteiger partial charge in [-0.1, -0.05) is 182 Å². The van der Waals surface area contributed by atoms with Crippen LogP contribution in [0.2, 0.25) is 0 Å². The van der Waals surface area contributed by atoms with Crippen molar-refractivity contribution in [3.8, 4) is 102 Å². The van der Waals surface area contributed by atoms with Gasteiger partial charge in [0.2, 0.25) is 0 Å². The topological polar surface area (TPSA) is 400 Å². The third kappa shape index (κ3) is 17.2. The average molecular weight is 1900 g/mol. The number of aromatic nitrogens is 20. The molecular formula is C106H82FIN24O4. The number of hydrogen-bond acceptors (Lipinski definition) is 24. The van der Waals surface area contributed by atoms with Gasteiger partial charge in [-0.05, 0) is 157 Å². The van der Waals surface area contributed by atoms with Crippen molar-refractivity contribution >= 4 is 134 Å². The molecule has 136 heavy (non-hydrogen) atoms. The Labute approximate surface area is 789 Å². The quantitative estimate of drug-likeness (QED) is 0.0442. The number of para-hydroxylation sites is 5. The number of fused-ring (bicyclic) bond motifs is 8. The number of halogens is 2. The molecule has 0 radical (unpaired) electrons. The Morgan fingerprint density at radius 2 is 0.603 bits per heavy atom. The molecule has 0 saturated heterocycles. The van der Waals surface area contributed by atoms with E-state index in [1.807, 2.05) is 167 Å². The van der Waals surface area contributed by atoms with Crippen molar-refractivity contribution in [1.29, 1.82) is 0 Å². The van der Waals surface area contributed by atoms with Crippen LogP contribution in [-0.2, 0) is 26.2 Å². The van der Waals surface area contributed by atoms with Crippen LogP contribution in [0.15, 0.2) is 310 Å². The molecule has 0 fully saturated rings. The number of phenols is 3. The zero-order chi connectivity index (χ0) is 93.4. The summed E-state index contributed by atoms with van der Waals surface area (Å²) in [6.07, 6.45) is 5.74. The summed E-state index contributed by atoms with van der Waals surface area (Å²) in [6, 6.07) is 90.9. The van der Waals surface area contributed by atoms with Crippen LogP contribution in [0.3, 0.4) is 0 Å². The molecule has 664 valence electrons. The second-order valence-electron chi connectivity index (χ2n) is 32.5. The van der Waals surface area contributed by atoms with Crippen molar-refractivity contribution in [1.82, 2.24) is 98.9 Å². The highest BCUT2D eigenvalue weighted by Gasteiger charge is 2.27. The van der Waals surface area contributed by atoms with Crippen LogP contribution < -0.4 is 27.7 Å². The summed E-state index contributed by atoms with van der Waals surface area (Å²) >= 11 is 2.18. The normalized spacial score (nSPS) is 11.3. The molecule has 23 rings (SSSR count). The molecule has 30 heteroatoms. The highest BCUT2D eigenvalue weighted by molar-refractivity contribution is 14.1. The van der Waals surface area contributed by atoms with E-state index in [4.69, 9.17) is 62.9 Å². The fourth-order valence-electron chi connectivity index (χ4n) is 17.2. The standard InChI is InChI=1S/C28H21FN6O.C28H22N6O2.C28H22N6O.C22H17IN6/c1-16-6-2-4-8-22(16)25-19(10-17-7-3-5-9-23(17)33-25)14-35-28-24(27(30)31-15-32-28)26(34-35)18-11-20(29)13-21(36)12-18;1-36-23-12-5-3-10-21(23)25-19(13-17-7-2-4-11-22(17)32-25)15-34-28-24(27(29)30-16-31-28)26(33-34)18-8-6-9-20(35)14-18;1-17-7-2-4-11-22(17)25-20(13-18-8-3-5-12-23(18)32-25)15-34-28-24(27(29)30-16-31-28)26(33-34)19-9-6-10-21(35)14-19;1-13-6-2-4-8-16(13)19-15(10-14-7-3-5-9-17(14)27-19)11-29-22-18(20(23)28-29)21(24)25-12-26-22/h2-13,15,36H,14H2,1H3,(H2,30,31,32);2-14,16,35H,15H2,1H3,(H2,29,30,31);2-14,16,35H,15H2,1H3,(H2,29,30,31);2-10,12H,11H2,1H3,(H2,24,25,26). The van der Waals surface area contributed by atoms with Gasteiger partial charge in [0.15, 0.2) is 22.6 Å². The number of aromatic hydroxyl groups is 3. The molecule has 12 heterocycles. The van der Waals surface area contributed by atoms with E-state index in [-0.39, 0.29) is 23.1 Å². The lowest BCUT2D eigenvalue weighted by Gasteiger charge is -2.14. The summed E-state index contributed by atoms with van der Waals surface area (Å²) < 4.78 is 27.8. The molecule has 11 aromatic carbocycles. The Morgan fingerprint density at radius 3 is 0.956 bits per heavy atom. The monoisotopic (exact) mass is 1900 g/mol. The van der Waals surface area contributed by atoms with E-state index < -0.39 is 5.82 Å². The molecule has 0 atom stereocenters. The summed E-state index contributed by atoms with van der Waals surface area (Å²) in [5.41, 5.74) is 49.5. The lowest BCUT2D eigenvalue weighted by atomic mass is 9.99. The van der Waals surface area contributed by atoms with Crippen LogP contribution in [-0.4, -0.2) is 121 Å². The molecule has 0 spiro atoms. The predicted molar refractivity (Wildman–Crippen MR) is 539 cm³/mol. The van der Waals surface area contributed by atoms with E-state index in [0.29, 0.717) is 99.4 Å². The van der Waals surface area contributed by atoms with Gasteiger partial charge in [-0.15, -0.1) is 0 Å². The Kier molecular flexibility index (Phi) is 23.5. The average Bonchev–Trinajstić information content (AvgIpc) is 1.61. The summed E-state index contributed by atoms with van der Waals surface area (Å²) in [5, 5.41) is 56.0. The largest absolute Gasteiger partial charge is 0.508 e. The van der Waals surface area contributed by atoms with Gasteiger partial charge < -0.3 is 43.0 Å².